The first kappa shape index (κ1) is 8.69. The minimum Gasteiger partial charge on any atom is -0.293 e. The van der Waals surface area contributed by atoms with Gasteiger partial charge < -0.3 is 0 Å². The van der Waals surface area contributed by atoms with E-state index in [0.717, 1.165) is 4.90 Å². The van der Waals surface area contributed by atoms with Crippen LogP contribution in [-0.2, 0) is 10.0 Å². The van der Waals surface area contributed by atoms with Crippen LogP contribution in [0.2, 0.25) is 10.0 Å². The summed E-state index contributed by atoms with van der Waals surface area (Å²) in [5.41, 5.74) is 0.712. The van der Waals surface area contributed by atoms with Gasteiger partial charge in [-0.2, -0.15) is 0 Å². The van der Waals surface area contributed by atoms with Gasteiger partial charge in [-0.25, -0.2) is 4.21 Å². The maximum atomic E-state index is 11.0. The molecule has 1 heterocycles. The SMILES string of the molecule is O=S1Nc2c(Cl)cc(Cl)cc2S1. The smallest absolute Gasteiger partial charge is 0.184 e. The van der Waals surface area contributed by atoms with Crippen molar-refractivity contribution < 1.29 is 4.21 Å². The second-order valence-electron chi connectivity index (χ2n) is 2.18. The second-order valence-corrected chi connectivity index (χ2v) is 5.71. The van der Waals surface area contributed by atoms with Crippen LogP contribution in [0.25, 0.3) is 0 Å². The van der Waals surface area contributed by atoms with Crippen LogP contribution < -0.4 is 4.72 Å². The monoisotopic (exact) mass is 239 g/mol. The highest BCUT2D eigenvalue weighted by atomic mass is 35.5. The van der Waals surface area contributed by atoms with Gasteiger partial charge >= 0.3 is 0 Å². The van der Waals surface area contributed by atoms with E-state index in [-0.39, 0.29) is 0 Å². The number of halogens is 2. The predicted octanol–water partition coefficient (Wildman–Crippen LogP) is 3.09. The van der Waals surface area contributed by atoms with E-state index < -0.39 is 10.0 Å². The Morgan fingerprint density at radius 3 is 2.92 bits per heavy atom. The third-order valence-corrected chi connectivity index (χ3v) is 4.15. The molecule has 0 aliphatic carbocycles. The summed E-state index contributed by atoms with van der Waals surface area (Å²) < 4.78 is 13.8. The molecule has 1 aliphatic rings. The van der Waals surface area contributed by atoms with Gasteiger partial charge in [-0.05, 0) is 22.9 Å². The summed E-state index contributed by atoms with van der Waals surface area (Å²) in [6, 6.07) is 3.36. The largest absolute Gasteiger partial charge is 0.293 e. The van der Waals surface area contributed by atoms with E-state index in [2.05, 4.69) is 4.72 Å². The molecule has 6 heteroatoms. The molecule has 64 valence electrons. The number of hydrogen-bond acceptors (Lipinski definition) is 2. The molecule has 1 unspecified atom stereocenters. The molecule has 0 amide bonds. The molecule has 12 heavy (non-hydrogen) atoms. The van der Waals surface area contributed by atoms with Crippen LogP contribution in [0.4, 0.5) is 5.69 Å². The van der Waals surface area contributed by atoms with Gasteiger partial charge in [-0.1, -0.05) is 23.2 Å². The van der Waals surface area contributed by atoms with E-state index in [4.69, 9.17) is 23.2 Å². The number of anilines is 1. The Kier molecular flexibility index (Phi) is 2.25. The fourth-order valence-corrected chi connectivity index (χ4v) is 3.95. The quantitative estimate of drug-likeness (QED) is 0.706. The normalized spacial score (nSPS) is 20.3. The topological polar surface area (TPSA) is 29.1 Å². The first-order valence-electron chi connectivity index (χ1n) is 3.02. The molecule has 1 aromatic rings. The summed E-state index contributed by atoms with van der Waals surface area (Å²) in [4.78, 5) is 0.839. The van der Waals surface area contributed by atoms with Crippen molar-refractivity contribution >= 4 is 49.7 Å². The highest BCUT2D eigenvalue weighted by Crippen LogP contribution is 2.43. The minimum absolute atomic E-state index is 0.510. The van der Waals surface area contributed by atoms with Crippen molar-refractivity contribution in [2.24, 2.45) is 0 Å². The minimum atomic E-state index is -1.11. The molecule has 2 nitrogen and oxygen atoms in total. The lowest BCUT2D eigenvalue weighted by Crippen LogP contribution is -1.91. The summed E-state index contributed by atoms with van der Waals surface area (Å²) in [7, 11) is 0.0973. The molecule has 1 atom stereocenters. The van der Waals surface area contributed by atoms with E-state index in [1.165, 1.54) is 10.8 Å². The molecule has 0 saturated heterocycles. The van der Waals surface area contributed by atoms with Gasteiger partial charge in [0, 0.05) is 9.92 Å². The number of nitrogens with one attached hydrogen (secondary N) is 1. The van der Waals surface area contributed by atoms with Crippen molar-refractivity contribution in [3.8, 4) is 0 Å². The van der Waals surface area contributed by atoms with E-state index in [1.54, 1.807) is 12.1 Å². The Morgan fingerprint density at radius 1 is 1.42 bits per heavy atom. The molecule has 1 aliphatic heterocycles. The van der Waals surface area contributed by atoms with Crippen molar-refractivity contribution in [2.45, 2.75) is 4.90 Å². The highest BCUT2D eigenvalue weighted by molar-refractivity contribution is 8.70. The van der Waals surface area contributed by atoms with Gasteiger partial charge in [0.2, 0.25) is 0 Å². The van der Waals surface area contributed by atoms with Gasteiger partial charge in [-0.3, -0.25) is 4.72 Å². The molecule has 0 fully saturated rings. The van der Waals surface area contributed by atoms with Crippen molar-refractivity contribution in [2.75, 3.05) is 4.72 Å². The molecular formula is C6H3Cl2NOS2. The average Bonchev–Trinajstić information content (AvgIpc) is 2.29. The molecular weight excluding hydrogens is 237 g/mol. The van der Waals surface area contributed by atoms with E-state index >= 15 is 0 Å². The van der Waals surface area contributed by atoms with Crippen LogP contribution in [0.15, 0.2) is 17.0 Å². The molecule has 2 rings (SSSR count). The number of hydrogen-bond donors (Lipinski definition) is 1. The van der Waals surface area contributed by atoms with Gasteiger partial charge in [0.1, 0.15) is 0 Å². The highest BCUT2D eigenvalue weighted by Gasteiger charge is 2.20. The molecule has 0 saturated carbocycles. The lowest BCUT2D eigenvalue weighted by atomic mass is 10.3. The number of rotatable bonds is 0. The Labute approximate surface area is 85.6 Å². The Bertz CT molecular complexity index is 369. The molecule has 0 radical (unpaired) electrons. The average molecular weight is 240 g/mol. The molecule has 1 aromatic carbocycles. The zero-order chi connectivity index (χ0) is 8.72. The third kappa shape index (κ3) is 1.44. The van der Waals surface area contributed by atoms with Crippen LogP contribution in [0, 0.1) is 0 Å². The summed E-state index contributed by atoms with van der Waals surface area (Å²) in [5.74, 6) is 0. The standard InChI is InChI=1S/C6H3Cl2NOS2/c7-3-1-4(8)6-5(2-3)11-12(10)9-6/h1-2,9H. The molecule has 0 aromatic heterocycles. The predicted molar refractivity (Wildman–Crippen MR) is 54.1 cm³/mol. The van der Waals surface area contributed by atoms with Gasteiger partial charge in [-0.15, -0.1) is 0 Å². The van der Waals surface area contributed by atoms with Crippen LogP contribution in [-0.4, -0.2) is 4.21 Å². The van der Waals surface area contributed by atoms with Crippen molar-refractivity contribution in [3.63, 3.8) is 0 Å². The second kappa shape index (κ2) is 3.10. The van der Waals surface area contributed by atoms with Gasteiger partial charge in [0.25, 0.3) is 0 Å². The lowest BCUT2D eigenvalue weighted by Gasteiger charge is -1.99. The van der Waals surface area contributed by atoms with Crippen LogP contribution in [0.3, 0.4) is 0 Å². The molecule has 1 N–H and O–H groups in total. The van der Waals surface area contributed by atoms with Crippen LogP contribution in [0.1, 0.15) is 0 Å². The summed E-state index contributed by atoms with van der Waals surface area (Å²) in [6.45, 7) is 0. The zero-order valence-corrected chi connectivity index (χ0v) is 8.78. The fourth-order valence-electron chi connectivity index (χ4n) is 0.900. The zero-order valence-electron chi connectivity index (χ0n) is 5.64. The number of benzene rings is 1. The first-order valence-corrected chi connectivity index (χ1v) is 6.26. The van der Waals surface area contributed by atoms with Crippen molar-refractivity contribution in [1.82, 2.24) is 0 Å². The van der Waals surface area contributed by atoms with Crippen molar-refractivity contribution in [3.05, 3.63) is 22.2 Å². The van der Waals surface area contributed by atoms with Crippen LogP contribution >= 0.6 is 34.0 Å². The summed E-state index contributed by atoms with van der Waals surface area (Å²) >= 11 is 11.6. The van der Waals surface area contributed by atoms with Gasteiger partial charge in [0.05, 0.1) is 10.7 Å². The van der Waals surface area contributed by atoms with E-state index in [1.807, 2.05) is 0 Å². The van der Waals surface area contributed by atoms with Crippen molar-refractivity contribution in [1.29, 1.82) is 0 Å². The number of fused-ring (bicyclic) bond motifs is 1. The maximum Gasteiger partial charge on any atom is 0.184 e. The summed E-state index contributed by atoms with van der Waals surface area (Å²) in [6.07, 6.45) is 0. The lowest BCUT2D eigenvalue weighted by molar-refractivity contribution is 0.694. The Hall–Kier alpha value is 0.1000. The van der Waals surface area contributed by atoms with Crippen LogP contribution in [0.5, 0.6) is 0 Å². The summed E-state index contributed by atoms with van der Waals surface area (Å²) in [5, 5.41) is 1.07. The Balaban J connectivity index is 2.59. The molecule has 0 bridgehead atoms. The Morgan fingerprint density at radius 2 is 2.17 bits per heavy atom. The fraction of sp³-hybridized carbons (Fsp3) is 0. The van der Waals surface area contributed by atoms with Gasteiger partial charge in [0.15, 0.2) is 10.0 Å². The van der Waals surface area contributed by atoms with E-state index in [0.29, 0.717) is 15.7 Å². The third-order valence-electron chi connectivity index (χ3n) is 1.37. The van der Waals surface area contributed by atoms with E-state index in [9.17, 15) is 4.21 Å². The first-order chi connectivity index (χ1) is 5.66. The molecule has 0 spiro atoms. The maximum absolute atomic E-state index is 11.0.